The molecule has 2 atom stereocenters. The summed E-state index contributed by atoms with van der Waals surface area (Å²) in [7, 11) is 1.03. The summed E-state index contributed by atoms with van der Waals surface area (Å²) in [5.41, 5.74) is -0.0306. The van der Waals surface area contributed by atoms with E-state index < -0.39 is 72.0 Å². The van der Waals surface area contributed by atoms with Crippen LogP contribution in [0.25, 0.3) is 0 Å². The van der Waals surface area contributed by atoms with Gasteiger partial charge in [0.05, 0.1) is 12.7 Å². The SMILES string of the molecule is COC(=O)OCOc1c2n(cc(C(C)=O)c1=O)N([C@H]1c3ccccc3SCc3cccc(Cl)c31)CN([C@H](C)C(F)(F)F)C2=O. The molecule has 10 nitrogen and oxygen atoms in total. The molecule has 44 heavy (non-hydrogen) atoms. The fraction of sp³-hybridized carbons (Fsp3) is 0.310. The summed E-state index contributed by atoms with van der Waals surface area (Å²) in [6.07, 6.45) is -4.91. The molecule has 2 aliphatic heterocycles. The fourth-order valence-electron chi connectivity index (χ4n) is 5.14. The Bertz CT molecular complexity index is 1710. The number of aromatic nitrogens is 1. The maximum absolute atomic E-state index is 14.2. The lowest BCUT2D eigenvalue weighted by Crippen LogP contribution is -2.60. The van der Waals surface area contributed by atoms with Crippen molar-refractivity contribution in [1.29, 1.82) is 0 Å². The van der Waals surface area contributed by atoms with E-state index in [-0.39, 0.29) is 0 Å². The number of alkyl halides is 3. The second-order valence-electron chi connectivity index (χ2n) is 9.93. The number of pyridine rings is 1. The number of rotatable bonds is 6. The minimum absolute atomic E-state index is 0.328. The number of halogens is 4. The molecule has 0 aliphatic carbocycles. The van der Waals surface area contributed by atoms with Crippen molar-refractivity contribution in [2.24, 2.45) is 0 Å². The molecule has 15 heteroatoms. The third-order valence-electron chi connectivity index (χ3n) is 7.36. The topological polar surface area (TPSA) is 107 Å². The lowest BCUT2D eigenvalue weighted by atomic mass is 9.94. The van der Waals surface area contributed by atoms with Crippen molar-refractivity contribution < 1.29 is 41.8 Å². The van der Waals surface area contributed by atoms with Crippen LogP contribution in [0.1, 0.15) is 57.4 Å². The van der Waals surface area contributed by atoms with E-state index in [0.717, 1.165) is 42.3 Å². The van der Waals surface area contributed by atoms with Crippen LogP contribution in [-0.4, -0.2) is 60.2 Å². The van der Waals surface area contributed by atoms with Crippen molar-refractivity contribution in [1.82, 2.24) is 9.58 Å². The predicted octanol–water partition coefficient (Wildman–Crippen LogP) is 5.52. The van der Waals surface area contributed by atoms with E-state index in [1.54, 1.807) is 24.3 Å². The molecule has 3 aromatic rings. The van der Waals surface area contributed by atoms with E-state index in [1.165, 1.54) is 16.8 Å². The lowest BCUT2D eigenvalue weighted by molar-refractivity contribution is -0.173. The monoisotopic (exact) mass is 651 g/mol. The zero-order chi connectivity index (χ0) is 31.9. The van der Waals surface area contributed by atoms with Gasteiger partial charge >= 0.3 is 12.3 Å². The van der Waals surface area contributed by atoms with Crippen LogP contribution in [0.4, 0.5) is 18.0 Å². The second-order valence-corrected chi connectivity index (χ2v) is 11.4. The van der Waals surface area contributed by atoms with Crippen molar-refractivity contribution >= 4 is 41.2 Å². The molecule has 0 N–H and O–H groups in total. The molecule has 0 radical (unpaired) electrons. The van der Waals surface area contributed by atoms with Gasteiger partial charge in [0.1, 0.15) is 18.8 Å². The van der Waals surface area contributed by atoms with Gasteiger partial charge in [0.2, 0.25) is 18.0 Å². The van der Waals surface area contributed by atoms with Crippen molar-refractivity contribution in [3.8, 4) is 5.75 Å². The van der Waals surface area contributed by atoms with Crippen molar-refractivity contribution in [3.63, 3.8) is 0 Å². The summed E-state index contributed by atoms with van der Waals surface area (Å²) in [5, 5.41) is 1.77. The number of methoxy groups -OCH3 is 1. The third-order valence-corrected chi connectivity index (χ3v) is 8.83. The molecule has 0 fully saturated rings. The molecule has 232 valence electrons. The van der Waals surface area contributed by atoms with E-state index >= 15 is 0 Å². The standard InChI is InChI=1S/C29H25ClF3N3O7S/c1-15(37)19-11-35-24(26(25(19)38)42-14-43-28(40)41-3)27(39)34(16(2)29(31,32)33)13-36(35)23-18-8-4-5-10-21(18)44-12-17-7-6-9-20(30)22(17)23/h4-11,16,23H,12-14H2,1-3H3/t16-,23+/m1/s1. The molecule has 0 saturated carbocycles. The van der Waals surface area contributed by atoms with Crippen LogP contribution >= 0.6 is 23.4 Å². The highest BCUT2D eigenvalue weighted by Gasteiger charge is 2.48. The lowest BCUT2D eigenvalue weighted by Gasteiger charge is -2.46. The number of hydrogen-bond donors (Lipinski definition) is 0. The number of carbonyl (C=O) groups excluding carboxylic acids is 3. The number of carbonyl (C=O) groups is 3. The zero-order valence-corrected chi connectivity index (χ0v) is 25.1. The van der Waals surface area contributed by atoms with Gasteiger partial charge in [-0.3, -0.25) is 24.1 Å². The number of amides is 1. The van der Waals surface area contributed by atoms with Crippen molar-refractivity contribution in [3.05, 3.63) is 91.9 Å². The molecule has 2 aliphatic rings. The maximum Gasteiger partial charge on any atom is 0.510 e. The van der Waals surface area contributed by atoms with E-state index in [2.05, 4.69) is 4.74 Å². The molecule has 0 saturated heterocycles. The second kappa shape index (κ2) is 12.1. The van der Waals surface area contributed by atoms with Crippen LogP contribution in [0.3, 0.4) is 0 Å². The summed E-state index contributed by atoms with van der Waals surface area (Å²) >= 11 is 8.28. The van der Waals surface area contributed by atoms with Gasteiger partial charge in [-0.05, 0) is 37.1 Å². The minimum atomic E-state index is -4.84. The van der Waals surface area contributed by atoms with Gasteiger partial charge in [-0.15, -0.1) is 11.8 Å². The number of ketones is 1. The van der Waals surface area contributed by atoms with Crippen LogP contribution < -0.4 is 15.2 Å². The van der Waals surface area contributed by atoms with Gasteiger partial charge in [-0.1, -0.05) is 41.9 Å². The highest BCUT2D eigenvalue weighted by Crippen LogP contribution is 2.45. The first-order valence-electron chi connectivity index (χ1n) is 13.1. The van der Waals surface area contributed by atoms with Gasteiger partial charge in [0, 0.05) is 27.4 Å². The summed E-state index contributed by atoms with van der Waals surface area (Å²) in [5.74, 6) is -2.17. The van der Waals surface area contributed by atoms with E-state index in [1.807, 2.05) is 18.2 Å². The Morgan fingerprint density at radius 2 is 1.86 bits per heavy atom. The van der Waals surface area contributed by atoms with Gasteiger partial charge in [0.25, 0.3) is 5.91 Å². The van der Waals surface area contributed by atoms with Gasteiger partial charge < -0.3 is 19.1 Å². The quantitative estimate of drug-likeness (QED) is 0.193. The van der Waals surface area contributed by atoms with Crippen LogP contribution in [0, 0.1) is 0 Å². The van der Waals surface area contributed by atoms with E-state index in [0.29, 0.717) is 26.8 Å². The number of nitrogens with zero attached hydrogens (tertiary/aromatic N) is 3. The van der Waals surface area contributed by atoms with Crippen LogP contribution in [0.5, 0.6) is 5.75 Å². The third kappa shape index (κ3) is 5.59. The minimum Gasteiger partial charge on any atom is -0.451 e. The maximum atomic E-state index is 14.2. The van der Waals surface area contributed by atoms with Gasteiger partial charge in [-0.25, -0.2) is 4.79 Å². The fourth-order valence-corrected chi connectivity index (χ4v) is 6.52. The first-order valence-corrected chi connectivity index (χ1v) is 14.5. The Labute approximate surface area is 258 Å². The average molecular weight is 652 g/mol. The summed E-state index contributed by atoms with van der Waals surface area (Å²) in [4.78, 5) is 52.9. The Morgan fingerprint density at radius 1 is 1.14 bits per heavy atom. The molecule has 2 aromatic carbocycles. The number of thioether (sulfide) groups is 1. The van der Waals surface area contributed by atoms with Crippen LogP contribution in [0.15, 0.2) is 58.4 Å². The Kier molecular flexibility index (Phi) is 8.58. The number of benzene rings is 2. The highest BCUT2D eigenvalue weighted by molar-refractivity contribution is 7.98. The predicted molar refractivity (Wildman–Crippen MR) is 154 cm³/mol. The summed E-state index contributed by atoms with van der Waals surface area (Å²) in [6.45, 7) is 0.400. The molecular formula is C29H25ClF3N3O7S. The average Bonchev–Trinajstić information content (AvgIpc) is 3.15. The van der Waals surface area contributed by atoms with Crippen LogP contribution in [0.2, 0.25) is 5.02 Å². The van der Waals surface area contributed by atoms with Crippen LogP contribution in [-0.2, 0) is 15.2 Å². The largest absolute Gasteiger partial charge is 0.510 e. The Balaban J connectivity index is 1.82. The molecule has 0 unspecified atom stereocenters. The Hall–Kier alpha value is -4.17. The van der Waals surface area contributed by atoms with Gasteiger partial charge in [-0.2, -0.15) is 13.2 Å². The Morgan fingerprint density at radius 3 is 2.55 bits per heavy atom. The molecule has 1 aromatic heterocycles. The number of Topliss-reactive ketones (excluding diaryl/α,β-unsaturated/α-hetero) is 1. The summed E-state index contributed by atoms with van der Waals surface area (Å²) < 4.78 is 58.2. The molecule has 1 amide bonds. The number of hydrogen-bond acceptors (Lipinski definition) is 9. The van der Waals surface area contributed by atoms with E-state index in [9.17, 15) is 32.3 Å². The van der Waals surface area contributed by atoms with Crippen molar-refractivity contribution in [2.45, 2.75) is 42.8 Å². The molecule has 0 bridgehead atoms. The zero-order valence-electron chi connectivity index (χ0n) is 23.5. The molecule has 5 rings (SSSR count). The highest BCUT2D eigenvalue weighted by atomic mass is 35.5. The number of fused-ring (bicyclic) bond motifs is 3. The normalized spacial score (nSPS) is 16.7. The smallest absolute Gasteiger partial charge is 0.451 e. The molecular weight excluding hydrogens is 627 g/mol. The van der Waals surface area contributed by atoms with Crippen molar-refractivity contribution in [2.75, 3.05) is 25.6 Å². The van der Waals surface area contributed by atoms with Gasteiger partial charge in [0.15, 0.2) is 11.5 Å². The molecule has 3 heterocycles. The summed E-state index contributed by atoms with van der Waals surface area (Å²) in [6, 6.07) is 9.34. The first-order chi connectivity index (χ1) is 20.8. The first kappa shape index (κ1) is 31.3. The molecule has 0 spiro atoms. The number of ether oxygens (including phenoxy) is 3. The van der Waals surface area contributed by atoms with E-state index in [4.69, 9.17) is 21.1 Å².